The van der Waals surface area contributed by atoms with E-state index in [0.717, 1.165) is 31.9 Å². The van der Waals surface area contributed by atoms with Gasteiger partial charge in [-0.2, -0.15) is 13.2 Å². The Morgan fingerprint density at radius 3 is 2.12 bits per heavy atom. The number of alkyl halides is 3. The van der Waals surface area contributed by atoms with Crippen LogP contribution in [0.5, 0.6) is 0 Å². The van der Waals surface area contributed by atoms with Crippen LogP contribution in [-0.2, 0) is 16.0 Å². The molecule has 0 spiro atoms. The van der Waals surface area contributed by atoms with Gasteiger partial charge < -0.3 is 4.57 Å². The number of aromatic nitrogens is 2. The van der Waals surface area contributed by atoms with Gasteiger partial charge in [0.15, 0.2) is 5.69 Å². The van der Waals surface area contributed by atoms with E-state index < -0.39 is 21.7 Å². The van der Waals surface area contributed by atoms with E-state index in [0.29, 0.717) is 37.4 Å². The molecule has 0 aliphatic heterocycles. The summed E-state index contributed by atoms with van der Waals surface area (Å²) >= 11 is 0. The molecule has 0 aromatic carbocycles. The third-order valence-electron chi connectivity index (χ3n) is 6.07. The molecule has 4 nitrogen and oxygen atoms in total. The summed E-state index contributed by atoms with van der Waals surface area (Å²) in [5, 5.41) is -0.372. The fraction of sp³-hybridized carbons (Fsp3) is 0.833. The van der Waals surface area contributed by atoms with Crippen LogP contribution in [0.2, 0.25) is 0 Å². The Kier molecular flexibility index (Phi) is 5.43. The summed E-state index contributed by atoms with van der Waals surface area (Å²) in [6, 6.07) is -0.0917. The summed E-state index contributed by atoms with van der Waals surface area (Å²) < 4.78 is 64.9. The molecule has 8 heteroatoms. The molecule has 0 amide bonds. The molecule has 0 N–H and O–H groups in total. The highest BCUT2D eigenvalue weighted by Crippen LogP contribution is 2.41. The van der Waals surface area contributed by atoms with Crippen molar-refractivity contribution in [1.82, 2.24) is 9.55 Å². The Hall–Kier alpha value is -1.05. The topological polar surface area (TPSA) is 52.0 Å². The van der Waals surface area contributed by atoms with E-state index in [1.54, 1.807) is 4.57 Å². The minimum Gasteiger partial charge on any atom is -0.331 e. The van der Waals surface area contributed by atoms with Gasteiger partial charge in [0.2, 0.25) is 0 Å². The molecule has 2 aliphatic rings. The van der Waals surface area contributed by atoms with Gasteiger partial charge in [-0.05, 0) is 44.4 Å². The van der Waals surface area contributed by atoms with E-state index >= 15 is 0 Å². The first-order valence-corrected chi connectivity index (χ1v) is 11.4. The molecule has 0 unspecified atom stereocenters. The molecule has 0 radical (unpaired) electrons. The third kappa shape index (κ3) is 4.26. The first-order chi connectivity index (χ1) is 12.1. The lowest BCUT2D eigenvalue weighted by Gasteiger charge is -2.32. The van der Waals surface area contributed by atoms with Gasteiger partial charge in [-0.3, -0.25) is 0 Å². The average Bonchev–Trinajstić information content (AvgIpc) is 3.00. The predicted molar refractivity (Wildman–Crippen MR) is 93.7 cm³/mol. The van der Waals surface area contributed by atoms with Gasteiger partial charge in [0.1, 0.15) is 15.7 Å². The number of rotatable bonds is 3. The number of imidazole rings is 1. The molecule has 2 saturated carbocycles. The van der Waals surface area contributed by atoms with E-state index in [1.165, 1.54) is 6.26 Å². The van der Waals surface area contributed by atoms with Crippen LogP contribution in [0, 0.1) is 5.92 Å². The smallest absolute Gasteiger partial charge is 0.331 e. The molecule has 0 saturated heterocycles. The first kappa shape index (κ1) is 19.7. The number of nitrogens with zero attached hydrogens (tertiary/aromatic N) is 2. The molecular weight excluding hydrogens is 365 g/mol. The lowest BCUT2D eigenvalue weighted by Crippen LogP contribution is -2.28. The van der Waals surface area contributed by atoms with Crippen LogP contribution in [0.25, 0.3) is 0 Å². The maximum Gasteiger partial charge on any atom is 0.434 e. The second-order valence-electron chi connectivity index (χ2n) is 8.11. The van der Waals surface area contributed by atoms with Gasteiger partial charge in [0.25, 0.3) is 0 Å². The zero-order chi connectivity index (χ0) is 19.1. The van der Waals surface area contributed by atoms with Crippen molar-refractivity contribution < 1.29 is 21.6 Å². The Morgan fingerprint density at radius 2 is 1.62 bits per heavy atom. The Bertz CT molecular complexity index is 726. The molecule has 1 aromatic heterocycles. The average molecular weight is 392 g/mol. The molecule has 3 rings (SSSR count). The Balaban J connectivity index is 1.85. The van der Waals surface area contributed by atoms with Crippen molar-refractivity contribution in [3.05, 3.63) is 17.7 Å². The third-order valence-corrected chi connectivity index (χ3v) is 7.76. The molecule has 2 aliphatic carbocycles. The van der Waals surface area contributed by atoms with Crippen LogP contribution in [0.4, 0.5) is 13.2 Å². The van der Waals surface area contributed by atoms with Crippen molar-refractivity contribution in [2.75, 3.05) is 6.26 Å². The van der Waals surface area contributed by atoms with Gasteiger partial charge in [-0.1, -0.05) is 19.8 Å². The fourth-order valence-electron chi connectivity index (χ4n) is 4.41. The van der Waals surface area contributed by atoms with Crippen LogP contribution in [0.15, 0.2) is 6.20 Å². The highest BCUT2D eigenvalue weighted by atomic mass is 32.2. The number of halogens is 3. The molecule has 148 valence electrons. The van der Waals surface area contributed by atoms with E-state index in [2.05, 4.69) is 11.9 Å². The zero-order valence-electron chi connectivity index (χ0n) is 15.3. The van der Waals surface area contributed by atoms with Crippen molar-refractivity contribution in [3.63, 3.8) is 0 Å². The second kappa shape index (κ2) is 7.17. The summed E-state index contributed by atoms with van der Waals surface area (Å²) in [4.78, 5) is 3.99. The van der Waals surface area contributed by atoms with Gasteiger partial charge >= 0.3 is 6.18 Å². The summed E-state index contributed by atoms with van der Waals surface area (Å²) in [6.45, 7) is 2.18. The molecule has 1 aromatic rings. The zero-order valence-corrected chi connectivity index (χ0v) is 16.1. The monoisotopic (exact) mass is 392 g/mol. The first-order valence-electron chi connectivity index (χ1n) is 9.40. The second-order valence-corrected chi connectivity index (χ2v) is 10.4. The molecular formula is C18H27F3N2O2S. The van der Waals surface area contributed by atoms with Crippen molar-refractivity contribution in [1.29, 1.82) is 0 Å². The number of hydrogen-bond donors (Lipinski definition) is 0. The van der Waals surface area contributed by atoms with Crippen LogP contribution in [-0.4, -0.2) is 29.5 Å². The van der Waals surface area contributed by atoms with Gasteiger partial charge in [-0.25, -0.2) is 13.4 Å². The quantitative estimate of drug-likeness (QED) is 0.748. The van der Waals surface area contributed by atoms with E-state index in [4.69, 9.17) is 0 Å². The van der Waals surface area contributed by atoms with Crippen molar-refractivity contribution in [2.45, 2.75) is 81.7 Å². The number of sulfone groups is 1. The largest absolute Gasteiger partial charge is 0.434 e. The molecule has 0 bridgehead atoms. The summed E-state index contributed by atoms with van der Waals surface area (Å²) in [5.41, 5.74) is -0.823. The van der Waals surface area contributed by atoms with Gasteiger partial charge in [-0.15, -0.1) is 0 Å². The van der Waals surface area contributed by atoms with Crippen molar-refractivity contribution >= 4 is 9.84 Å². The SMILES string of the molecule is CC1CCC(c2nc(C(F)(F)F)cn2C2CCC(S(C)(=O)=O)CC2)CC1. The fourth-order valence-corrected chi connectivity index (χ4v) is 5.54. The van der Waals surface area contributed by atoms with Crippen LogP contribution in [0.1, 0.15) is 81.8 Å². The maximum absolute atomic E-state index is 13.2. The van der Waals surface area contributed by atoms with Crippen molar-refractivity contribution in [3.8, 4) is 0 Å². The van der Waals surface area contributed by atoms with E-state index in [1.807, 2.05) is 0 Å². The van der Waals surface area contributed by atoms with Crippen LogP contribution >= 0.6 is 0 Å². The maximum atomic E-state index is 13.2. The van der Waals surface area contributed by atoms with Crippen LogP contribution in [0.3, 0.4) is 0 Å². The standard InChI is InChI=1S/C18H27F3N2O2S/c1-12-3-5-13(6-4-12)17-22-16(18(19,20)21)11-23(17)14-7-9-15(10-8-14)26(2,24)25/h11-15H,3-10H2,1-2H3. The predicted octanol–water partition coefficient (Wildman–Crippen LogP) is 4.72. The normalized spacial score (nSPS) is 31.1. The van der Waals surface area contributed by atoms with E-state index in [-0.39, 0.29) is 17.2 Å². The molecule has 26 heavy (non-hydrogen) atoms. The molecule has 2 fully saturated rings. The summed E-state index contributed by atoms with van der Waals surface area (Å²) in [5.74, 6) is 1.23. The minimum atomic E-state index is -4.45. The van der Waals surface area contributed by atoms with Gasteiger partial charge in [0.05, 0.1) is 5.25 Å². The van der Waals surface area contributed by atoms with Gasteiger partial charge in [0, 0.05) is 24.4 Å². The van der Waals surface area contributed by atoms with E-state index in [9.17, 15) is 21.6 Å². The lowest BCUT2D eigenvalue weighted by atomic mass is 9.82. The molecule has 1 heterocycles. The van der Waals surface area contributed by atoms with Crippen LogP contribution < -0.4 is 0 Å². The highest BCUT2D eigenvalue weighted by Gasteiger charge is 2.38. The van der Waals surface area contributed by atoms with Crippen molar-refractivity contribution in [2.24, 2.45) is 5.92 Å². The Morgan fingerprint density at radius 1 is 1.04 bits per heavy atom. The molecule has 0 atom stereocenters. The lowest BCUT2D eigenvalue weighted by molar-refractivity contribution is -0.141. The Labute approximate surface area is 153 Å². The number of hydrogen-bond acceptors (Lipinski definition) is 3. The summed E-state index contributed by atoms with van der Waals surface area (Å²) in [7, 11) is -3.09. The summed E-state index contributed by atoms with van der Waals surface area (Å²) in [6.07, 6.45) is 3.88. The minimum absolute atomic E-state index is 0.0648. The highest BCUT2D eigenvalue weighted by molar-refractivity contribution is 7.91.